The number of carbonyl (C=O) groups is 1. The van der Waals surface area contributed by atoms with Gasteiger partial charge in [0.2, 0.25) is 0 Å². The summed E-state index contributed by atoms with van der Waals surface area (Å²) in [6.45, 7) is 4.94. The third kappa shape index (κ3) is 5.43. The van der Waals surface area contributed by atoms with Gasteiger partial charge in [-0.1, -0.05) is 42.5 Å². The lowest BCUT2D eigenvalue weighted by molar-refractivity contribution is -0.152. The number of alkyl halides is 3. The molecule has 0 aliphatic carbocycles. The van der Waals surface area contributed by atoms with Gasteiger partial charge in [-0.05, 0) is 50.4 Å². The van der Waals surface area contributed by atoms with Crippen LogP contribution in [-0.2, 0) is 17.6 Å². The summed E-state index contributed by atoms with van der Waals surface area (Å²) in [5, 5.41) is 11.1. The Kier molecular flexibility index (Phi) is 6.63. The number of carboxylic acid groups (broad SMARTS) is 1. The predicted molar refractivity (Wildman–Crippen MR) is 130 cm³/mol. The number of benzene rings is 3. The summed E-state index contributed by atoms with van der Waals surface area (Å²) < 4.78 is 50.3. The molecule has 1 heterocycles. The highest BCUT2D eigenvalue weighted by Gasteiger charge is 2.31. The minimum atomic E-state index is -4.39. The first kappa shape index (κ1) is 25.0. The van der Waals surface area contributed by atoms with E-state index in [2.05, 4.69) is 4.98 Å². The van der Waals surface area contributed by atoms with E-state index in [4.69, 9.17) is 9.47 Å². The molecular formula is C28H24F3NO4. The normalized spacial score (nSPS) is 11.9. The molecule has 0 amide bonds. The Morgan fingerprint density at radius 1 is 0.972 bits per heavy atom. The van der Waals surface area contributed by atoms with Gasteiger partial charge in [0, 0.05) is 28.3 Å². The van der Waals surface area contributed by atoms with E-state index in [1.165, 1.54) is 26.0 Å². The van der Waals surface area contributed by atoms with Gasteiger partial charge in [0.15, 0.2) is 5.60 Å². The van der Waals surface area contributed by atoms with Crippen molar-refractivity contribution in [1.29, 1.82) is 0 Å². The first-order valence-electron chi connectivity index (χ1n) is 11.2. The molecule has 4 rings (SSSR count). The van der Waals surface area contributed by atoms with E-state index in [1.807, 2.05) is 36.4 Å². The molecule has 0 unspecified atom stereocenters. The molecular weight excluding hydrogens is 471 g/mol. The number of ether oxygens (including phenoxy) is 2. The molecule has 1 aromatic heterocycles. The van der Waals surface area contributed by atoms with Crippen molar-refractivity contribution >= 4 is 16.7 Å². The van der Waals surface area contributed by atoms with Gasteiger partial charge in [0.05, 0.1) is 11.3 Å². The topological polar surface area (TPSA) is 68.7 Å². The average molecular weight is 495 g/mol. The van der Waals surface area contributed by atoms with E-state index in [0.717, 1.165) is 28.5 Å². The Hall–Kier alpha value is -4.07. The monoisotopic (exact) mass is 495 g/mol. The highest BCUT2D eigenvalue weighted by molar-refractivity contribution is 5.90. The number of aryl methyl sites for hydroxylation is 1. The fourth-order valence-corrected chi connectivity index (χ4v) is 3.63. The Balaban J connectivity index is 1.55. The Morgan fingerprint density at radius 3 is 2.31 bits per heavy atom. The Bertz CT molecular complexity index is 1410. The maximum atomic E-state index is 12.8. The summed E-state index contributed by atoms with van der Waals surface area (Å²) in [5.41, 5.74) is 0.469. The molecule has 0 atom stereocenters. The zero-order chi connectivity index (χ0) is 26.1. The van der Waals surface area contributed by atoms with Crippen LogP contribution >= 0.6 is 0 Å². The molecule has 1 N–H and O–H groups in total. The molecule has 0 saturated heterocycles. The molecule has 0 aliphatic rings. The molecule has 0 fully saturated rings. The van der Waals surface area contributed by atoms with Crippen LogP contribution in [0.4, 0.5) is 13.2 Å². The zero-order valence-corrected chi connectivity index (χ0v) is 19.9. The first-order valence-corrected chi connectivity index (χ1v) is 11.2. The van der Waals surface area contributed by atoms with Gasteiger partial charge in [0.25, 0.3) is 0 Å². The highest BCUT2D eigenvalue weighted by atomic mass is 19.4. The third-order valence-corrected chi connectivity index (χ3v) is 5.78. The molecule has 0 saturated carbocycles. The van der Waals surface area contributed by atoms with Crippen molar-refractivity contribution in [3.05, 3.63) is 89.6 Å². The fraction of sp³-hybridized carbons (Fsp3) is 0.214. The number of pyridine rings is 1. The van der Waals surface area contributed by atoms with Gasteiger partial charge in [-0.15, -0.1) is 0 Å². The van der Waals surface area contributed by atoms with Crippen LogP contribution in [0.1, 0.15) is 30.7 Å². The number of hydrogen-bond acceptors (Lipinski definition) is 4. The summed E-state index contributed by atoms with van der Waals surface area (Å²) in [4.78, 5) is 16.1. The quantitative estimate of drug-likeness (QED) is 0.298. The van der Waals surface area contributed by atoms with Crippen molar-refractivity contribution in [1.82, 2.24) is 4.98 Å². The molecule has 186 valence electrons. The van der Waals surface area contributed by atoms with Crippen LogP contribution < -0.4 is 9.47 Å². The van der Waals surface area contributed by atoms with Crippen LogP contribution in [0.5, 0.6) is 11.5 Å². The highest BCUT2D eigenvalue weighted by Crippen LogP contribution is 2.34. The van der Waals surface area contributed by atoms with Crippen LogP contribution in [0.3, 0.4) is 0 Å². The average Bonchev–Trinajstić information content (AvgIpc) is 2.82. The number of aromatic nitrogens is 1. The second-order valence-electron chi connectivity index (χ2n) is 8.86. The molecule has 0 bridgehead atoms. The van der Waals surface area contributed by atoms with E-state index >= 15 is 0 Å². The van der Waals surface area contributed by atoms with Crippen LogP contribution in [-0.4, -0.2) is 21.7 Å². The van der Waals surface area contributed by atoms with E-state index in [9.17, 15) is 23.1 Å². The molecule has 3 aromatic carbocycles. The number of aliphatic carboxylic acids is 1. The van der Waals surface area contributed by atoms with Crippen LogP contribution in [0.15, 0.2) is 72.8 Å². The molecule has 4 aromatic rings. The summed E-state index contributed by atoms with van der Waals surface area (Å²) in [6, 6.07) is 19.4. The van der Waals surface area contributed by atoms with Crippen LogP contribution in [0.25, 0.3) is 22.0 Å². The number of halogens is 3. The van der Waals surface area contributed by atoms with Gasteiger partial charge >= 0.3 is 12.1 Å². The van der Waals surface area contributed by atoms with E-state index < -0.39 is 23.3 Å². The predicted octanol–water partition coefficient (Wildman–Crippen LogP) is 7.05. The number of rotatable bonds is 7. The van der Waals surface area contributed by atoms with Crippen molar-refractivity contribution in [2.24, 2.45) is 0 Å². The Morgan fingerprint density at radius 2 is 1.67 bits per heavy atom. The summed E-state index contributed by atoms with van der Waals surface area (Å²) in [5.74, 6) is -0.202. The summed E-state index contributed by atoms with van der Waals surface area (Å²) >= 11 is 0. The lowest BCUT2D eigenvalue weighted by atomic mass is 10.1. The molecule has 8 heteroatoms. The smallest absolute Gasteiger partial charge is 0.416 e. The van der Waals surface area contributed by atoms with Crippen molar-refractivity contribution in [2.45, 2.75) is 39.2 Å². The lowest BCUT2D eigenvalue weighted by Crippen LogP contribution is -2.37. The number of fused-ring (bicyclic) bond motifs is 1. The molecule has 0 aliphatic heterocycles. The van der Waals surface area contributed by atoms with Gasteiger partial charge < -0.3 is 14.6 Å². The minimum absolute atomic E-state index is 0.187. The molecule has 5 nitrogen and oxygen atoms in total. The second-order valence-corrected chi connectivity index (χ2v) is 8.86. The lowest BCUT2D eigenvalue weighted by Gasteiger charge is -2.23. The van der Waals surface area contributed by atoms with Crippen molar-refractivity contribution < 1.29 is 32.5 Å². The minimum Gasteiger partial charge on any atom is -0.489 e. The second kappa shape index (κ2) is 9.53. The number of carboxylic acids is 1. The van der Waals surface area contributed by atoms with Gasteiger partial charge in [-0.3, -0.25) is 4.98 Å². The maximum absolute atomic E-state index is 12.8. The summed E-state index contributed by atoms with van der Waals surface area (Å²) in [6.07, 6.45) is -4.39. The zero-order valence-electron chi connectivity index (χ0n) is 19.9. The van der Waals surface area contributed by atoms with Gasteiger partial charge in [-0.25, -0.2) is 4.79 Å². The molecule has 0 radical (unpaired) electrons. The standard InChI is InChI=1S/C28H24F3NO4/c1-17-20(10-13-24(32-17)18-8-11-21(12-9-18)28(29,30)31)16-35-22-14-19-6-4-5-7-23(19)25(15-22)36-27(2,3)26(33)34/h4-15H,16H2,1-3H3,(H,33,34). The molecule has 0 spiro atoms. The van der Waals surface area contributed by atoms with Crippen molar-refractivity contribution in [2.75, 3.05) is 0 Å². The number of nitrogens with zero attached hydrogens (tertiary/aromatic N) is 1. The van der Waals surface area contributed by atoms with E-state index in [0.29, 0.717) is 28.5 Å². The SMILES string of the molecule is Cc1nc(-c2ccc(C(F)(F)F)cc2)ccc1COc1cc(OC(C)(C)C(=O)O)c2ccccc2c1. The number of hydrogen-bond donors (Lipinski definition) is 1. The van der Waals surface area contributed by atoms with Crippen LogP contribution in [0, 0.1) is 6.92 Å². The van der Waals surface area contributed by atoms with Crippen molar-refractivity contribution in [3.63, 3.8) is 0 Å². The first-order chi connectivity index (χ1) is 16.9. The van der Waals surface area contributed by atoms with Gasteiger partial charge in [0.1, 0.15) is 18.1 Å². The third-order valence-electron chi connectivity index (χ3n) is 5.78. The molecule has 36 heavy (non-hydrogen) atoms. The Labute approximate surface area is 206 Å². The van der Waals surface area contributed by atoms with Crippen LogP contribution in [0.2, 0.25) is 0 Å². The van der Waals surface area contributed by atoms with E-state index in [-0.39, 0.29) is 6.61 Å². The van der Waals surface area contributed by atoms with Gasteiger partial charge in [-0.2, -0.15) is 13.2 Å². The largest absolute Gasteiger partial charge is 0.489 e. The van der Waals surface area contributed by atoms with Crippen molar-refractivity contribution in [3.8, 4) is 22.8 Å². The maximum Gasteiger partial charge on any atom is 0.416 e. The fourth-order valence-electron chi connectivity index (χ4n) is 3.63. The van der Waals surface area contributed by atoms with E-state index in [1.54, 1.807) is 19.1 Å². The summed E-state index contributed by atoms with van der Waals surface area (Å²) in [7, 11) is 0.